The largest absolute Gasteiger partial charge is 0.0726 e. The number of allylic oxidation sites excluding steroid dienone is 3. The van der Waals surface area contributed by atoms with E-state index in [1.165, 1.54) is 34.3 Å². The number of rotatable bonds is 2. The van der Waals surface area contributed by atoms with Crippen molar-refractivity contribution in [1.82, 2.24) is 0 Å². The fourth-order valence-electron chi connectivity index (χ4n) is 3.30. The van der Waals surface area contributed by atoms with Gasteiger partial charge in [-0.1, -0.05) is 66.7 Å². The first-order valence-electron chi connectivity index (χ1n) is 6.96. The van der Waals surface area contributed by atoms with E-state index in [-0.39, 0.29) is 0 Å². The lowest BCUT2D eigenvalue weighted by molar-refractivity contribution is 0.672. The van der Waals surface area contributed by atoms with Gasteiger partial charge in [0, 0.05) is 0 Å². The van der Waals surface area contributed by atoms with Gasteiger partial charge in [-0.05, 0) is 46.6 Å². The van der Waals surface area contributed by atoms with Crippen LogP contribution in [0.15, 0.2) is 66.2 Å². The van der Waals surface area contributed by atoms with E-state index >= 15 is 0 Å². The van der Waals surface area contributed by atoms with Crippen LogP contribution in [0.5, 0.6) is 0 Å². The predicted octanol–water partition coefficient (Wildman–Crippen LogP) is 4.73. The molecule has 0 aromatic heterocycles. The normalized spacial score (nSPS) is 19.7. The fourth-order valence-corrected chi connectivity index (χ4v) is 3.30. The lowest BCUT2D eigenvalue weighted by Crippen LogP contribution is -1.97. The van der Waals surface area contributed by atoms with E-state index in [1.807, 2.05) is 0 Å². The Morgan fingerprint density at radius 1 is 0.895 bits per heavy atom. The monoisotopic (exact) mass is 244 g/mol. The Labute approximate surface area is 114 Å². The fraction of sp³-hybridized carbons (Fsp3) is 0.158. The van der Waals surface area contributed by atoms with Crippen molar-refractivity contribution in [3.8, 4) is 0 Å². The molecule has 0 N–H and O–H groups in total. The van der Waals surface area contributed by atoms with Gasteiger partial charge in [0.1, 0.15) is 0 Å². The molecule has 0 heterocycles. The van der Waals surface area contributed by atoms with Gasteiger partial charge in [0.05, 0.1) is 0 Å². The summed E-state index contributed by atoms with van der Waals surface area (Å²) < 4.78 is 0. The van der Waals surface area contributed by atoms with Gasteiger partial charge in [0.25, 0.3) is 0 Å². The van der Waals surface area contributed by atoms with Crippen molar-refractivity contribution in [2.75, 3.05) is 0 Å². The van der Waals surface area contributed by atoms with Crippen molar-refractivity contribution >= 4 is 11.6 Å². The molecule has 0 nitrogen and oxygen atoms in total. The summed E-state index contributed by atoms with van der Waals surface area (Å²) >= 11 is 0. The smallest absolute Gasteiger partial charge is 0.0112 e. The maximum atomic E-state index is 2.48. The number of fused-ring (bicyclic) bond motifs is 3. The zero-order chi connectivity index (χ0) is 12.7. The van der Waals surface area contributed by atoms with Crippen molar-refractivity contribution in [2.24, 2.45) is 5.92 Å². The van der Waals surface area contributed by atoms with Crippen molar-refractivity contribution in [3.63, 3.8) is 0 Å². The third-order valence-corrected chi connectivity index (χ3v) is 4.15. The van der Waals surface area contributed by atoms with Gasteiger partial charge in [0.2, 0.25) is 0 Å². The number of benzene rings is 2. The molecule has 0 saturated carbocycles. The molecular formula is C19H16. The molecule has 0 saturated heterocycles. The first kappa shape index (κ1) is 10.8. The zero-order valence-corrected chi connectivity index (χ0v) is 10.8. The second kappa shape index (κ2) is 4.24. The Bertz CT molecular complexity index is 674. The summed E-state index contributed by atoms with van der Waals surface area (Å²) in [5.41, 5.74) is 7.27. The zero-order valence-electron chi connectivity index (χ0n) is 10.8. The lowest BCUT2D eigenvalue weighted by atomic mass is 9.97. The van der Waals surface area contributed by atoms with E-state index in [9.17, 15) is 0 Å². The first-order valence-corrected chi connectivity index (χ1v) is 6.96. The van der Waals surface area contributed by atoms with Crippen LogP contribution < -0.4 is 0 Å². The highest BCUT2D eigenvalue weighted by Gasteiger charge is 2.26. The molecule has 2 aliphatic rings. The maximum Gasteiger partial charge on any atom is -0.0112 e. The van der Waals surface area contributed by atoms with Crippen LogP contribution in [0.3, 0.4) is 0 Å². The third kappa shape index (κ3) is 1.84. The van der Waals surface area contributed by atoms with Crippen molar-refractivity contribution in [1.29, 1.82) is 0 Å². The average molecular weight is 244 g/mol. The quantitative estimate of drug-likeness (QED) is 0.716. The SMILES string of the molecule is C1=C2CC(Cc3ccccc3)C=C2c2ccccc21. The molecule has 1 unspecified atom stereocenters. The Morgan fingerprint density at radius 3 is 2.58 bits per heavy atom. The van der Waals surface area contributed by atoms with Crippen LogP contribution in [0.4, 0.5) is 0 Å². The molecule has 0 spiro atoms. The molecule has 1 atom stereocenters. The van der Waals surface area contributed by atoms with Crippen LogP contribution in [-0.2, 0) is 6.42 Å². The van der Waals surface area contributed by atoms with Gasteiger partial charge < -0.3 is 0 Å². The van der Waals surface area contributed by atoms with E-state index in [2.05, 4.69) is 66.7 Å². The van der Waals surface area contributed by atoms with Gasteiger partial charge in [-0.2, -0.15) is 0 Å². The van der Waals surface area contributed by atoms with Gasteiger partial charge in [0.15, 0.2) is 0 Å². The van der Waals surface area contributed by atoms with E-state index in [1.54, 1.807) is 0 Å². The Kier molecular flexibility index (Phi) is 2.41. The minimum absolute atomic E-state index is 0.664. The van der Waals surface area contributed by atoms with Crippen LogP contribution in [0.2, 0.25) is 0 Å². The summed E-state index contributed by atoms with van der Waals surface area (Å²) in [5, 5.41) is 0. The minimum atomic E-state index is 0.664. The van der Waals surface area contributed by atoms with E-state index < -0.39 is 0 Å². The molecule has 92 valence electrons. The van der Waals surface area contributed by atoms with Gasteiger partial charge in [-0.3, -0.25) is 0 Å². The Morgan fingerprint density at radius 2 is 1.68 bits per heavy atom. The molecule has 0 bridgehead atoms. The number of hydrogen-bond acceptors (Lipinski definition) is 0. The molecule has 2 aromatic carbocycles. The third-order valence-electron chi connectivity index (χ3n) is 4.15. The summed E-state index contributed by atoms with van der Waals surface area (Å²) in [7, 11) is 0. The summed E-state index contributed by atoms with van der Waals surface area (Å²) in [6, 6.07) is 19.5. The van der Waals surface area contributed by atoms with Crippen LogP contribution in [0, 0.1) is 5.92 Å². The van der Waals surface area contributed by atoms with Crippen molar-refractivity contribution < 1.29 is 0 Å². The van der Waals surface area contributed by atoms with E-state index in [0.717, 1.165) is 6.42 Å². The van der Waals surface area contributed by atoms with E-state index in [4.69, 9.17) is 0 Å². The van der Waals surface area contributed by atoms with Crippen LogP contribution in [0.25, 0.3) is 11.6 Å². The molecule has 19 heavy (non-hydrogen) atoms. The van der Waals surface area contributed by atoms with Crippen molar-refractivity contribution in [2.45, 2.75) is 12.8 Å². The molecule has 0 aliphatic heterocycles. The predicted molar refractivity (Wildman–Crippen MR) is 80.6 cm³/mol. The molecule has 0 radical (unpaired) electrons. The summed E-state index contributed by atoms with van der Waals surface area (Å²) in [4.78, 5) is 0. The van der Waals surface area contributed by atoms with Gasteiger partial charge in [-0.15, -0.1) is 0 Å². The van der Waals surface area contributed by atoms with Crippen LogP contribution >= 0.6 is 0 Å². The first-order chi connectivity index (χ1) is 9.40. The van der Waals surface area contributed by atoms with Gasteiger partial charge in [-0.25, -0.2) is 0 Å². The molecule has 2 aromatic rings. The topological polar surface area (TPSA) is 0 Å². The molecule has 4 rings (SSSR count). The molecule has 0 fully saturated rings. The summed E-state index contributed by atoms with van der Waals surface area (Å²) in [6.07, 6.45) is 7.19. The second-order valence-corrected chi connectivity index (χ2v) is 5.49. The molecule has 0 amide bonds. The second-order valence-electron chi connectivity index (χ2n) is 5.49. The van der Waals surface area contributed by atoms with Crippen LogP contribution in [-0.4, -0.2) is 0 Å². The Balaban J connectivity index is 1.62. The van der Waals surface area contributed by atoms with Crippen molar-refractivity contribution in [3.05, 3.63) is 82.9 Å². The molecule has 0 heteroatoms. The minimum Gasteiger partial charge on any atom is -0.0726 e. The average Bonchev–Trinajstić information content (AvgIpc) is 2.97. The van der Waals surface area contributed by atoms with Gasteiger partial charge >= 0.3 is 0 Å². The molecule has 2 aliphatic carbocycles. The van der Waals surface area contributed by atoms with E-state index in [0.29, 0.717) is 5.92 Å². The Hall–Kier alpha value is -2.08. The maximum absolute atomic E-state index is 2.48. The highest BCUT2D eigenvalue weighted by atomic mass is 14.3. The highest BCUT2D eigenvalue weighted by Crippen LogP contribution is 2.44. The lowest BCUT2D eigenvalue weighted by Gasteiger charge is -2.07. The summed E-state index contributed by atoms with van der Waals surface area (Å²) in [5.74, 6) is 0.664. The highest BCUT2D eigenvalue weighted by molar-refractivity contribution is 5.96. The summed E-state index contributed by atoms with van der Waals surface area (Å²) in [6.45, 7) is 0. The standard InChI is InChI=1S/C19H16/c1-2-6-14(7-3-1)10-15-11-17-13-16-8-4-5-9-18(16)19(17)12-15/h1-9,12-13,15H,10-11H2. The molecular weight excluding hydrogens is 228 g/mol. The number of hydrogen-bond donors (Lipinski definition) is 0. The van der Waals surface area contributed by atoms with Crippen LogP contribution in [0.1, 0.15) is 23.1 Å².